The summed E-state index contributed by atoms with van der Waals surface area (Å²) in [6.45, 7) is 11.2. The Balaban J connectivity index is 1.30. The highest BCUT2D eigenvalue weighted by atomic mass is 32.2. The second-order valence-electron chi connectivity index (χ2n) is 9.68. The van der Waals surface area contributed by atoms with Gasteiger partial charge in [-0.1, -0.05) is 18.2 Å². The van der Waals surface area contributed by atoms with Crippen molar-refractivity contribution in [3.05, 3.63) is 30.3 Å². The number of carbonyl (C=O) groups is 1. The molecular weight excluding hydrogens is 380 g/mol. The molecule has 2 aliphatic rings. The summed E-state index contributed by atoms with van der Waals surface area (Å²) in [6.07, 6.45) is 7.27. The molecule has 29 heavy (non-hydrogen) atoms. The van der Waals surface area contributed by atoms with E-state index in [-0.39, 0.29) is 6.09 Å². The van der Waals surface area contributed by atoms with Crippen LogP contribution in [0.3, 0.4) is 0 Å². The van der Waals surface area contributed by atoms with E-state index in [0.717, 1.165) is 25.9 Å². The molecule has 0 atom stereocenters. The Bertz CT molecular complexity index is 626. The highest BCUT2D eigenvalue weighted by Gasteiger charge is 2.39. The van der Waals surface area contributed by atoms with Crippen LogP contribution in [-0.2, 0) is 4.74 Å². The van der Waals surface area contributed by atoms with Gasteiger partial charge in [0.1, 0.15) is 5.60 Å². The van der Waals surface area contributed by atoms with Crippen molar-refractivity contribution in [1.82, 2.24) is 9.80 Å². The van der Waals surface area contributed by atoms with Crippen LogP contribution in [0.25, 0.3) is 0 Å². The highest BCUT2D eigenvalue weighted by Crippen LogP contribution is 2.41. The number of hydrogen-bond donors (Lipinski definition) is 0. The number of benzene rings is 1. The minimum Gasteiger partial charge on any atom is -0.444 e. The number of thioether (sulfide) groups is 1. The number of hydrogen-bond acceptors (Lipinski definition) is 4. The fourth-order valence-corrected chi connectivity index (χ4v) is 5.32. The smallest absolute Gasteiger partial charge is 0.410 e. The van der Waals surface area contributed by atoms with E-state index in [4.69, 9.17) is 4.74 Å². The summed E-state index contributed by atoms with van der Waals surface area (Å²) < 4.78 is 5.54. The van der Waals surface area contributed by atoms with Gasteiger partial charge in [-0.25, -0.2) is 4.79 Å². The first-order valence-corrected chi connectivity index (χ1v) is 12.2. The Morgan fingerprint density at radius 1 is 1.00 bits per heavy atom. The van der Waals surface area contributed by atoms with Gasteiger partial charge in [-0.15, -0.1) is 11.8 Å². The van der Waals surface area contributed by atoms with E-state index in [9.17, 15) is 4.79 Å². The van der Waals surface area contributed by atoms with Crippen LogP contribution in [0.15, 0.2) is 35.2 Å². The molecule has 1 amide bonds. The molecule has 2 aliphatic heterocycles. The molecule has 162 valence electrons. The maximum Gasteiger partial charge on any atom is 0.410 e. The van der Waals surface area contributed by atoms with Crippen molar-refractivity contribution in [3.63, 3.8) is 0 Å². The summed E-state index contributed by atoms with van der Waals surface area (Å²) >= 11 is 1.97. The molecular formula is C24H38N2O2S. The Labute approximate surface area is 181 Å². The number of rotatable bonds is 6. The molecule has 0 bridgehead atoms. The predicted molar refractivity (Wildman–Crippen MR) is 122 cm³/mol. The van der Waals surface area contributed by atoms with Crippen molar-refractivity contribution in [1.29, 1.82) is 0 Å². The fourth-order valence-electron chi connectivity index (χ4n) is 4.39. The maximum atomic E-state index is 12.3. The number of amides is 1. The molecule has 1 spiro atoms. The van der Waals surface area contributed by atoms with Gasteiger partial charge in [-0.3, -0.25) is 0 Å². The lowest BCUT2D eigenvalue weighted by molar-refractivity contribution is -0.00244. The molecule has 0 unspecified atom stereocenters. The Kier molecular flexibility index (Phi) is 7.92. The average Bonchev–Trinajstić information content (AvgIpc) is 2.69. The molecule has 2 fully saturated rings. The summed E-state index contributed by atoms with van der Waals surface area (Å²) in [5.74, 6) is 1.21. The van der Waals surface area contributed by atoms with E-state index in [1.165, 1.54) is 56.0 Å². The topological polar surface area (TPSA) is 32.8 Å². The summed E-state index contributed by atoms with van der Waals surface area (Å²) in [5.41, 5.74) is 0.0509. The number of piperidine rings is 2. The lowest BCUT2D eigenvalue weighted by Gasteiger charge is -2.46. The largest absolute Gasteiger partial charge is 0.444 e. The number of unbranched alkanes of at least 4 members (excludes halogenated alkanes) is 1. The molecule has 0 N–H and O–H groups in total. The highest BCUT2D eigenvalue weighted by molar-refractivity contribution is 7.99. The quantitative estimate of drug-likeness (QED) is 0.440. The molecule has 4 nitrogen and oxygen atoms in total. The normalized spacial score (nSPS) is 20.0. The van der Waals surface area contributed by atoms with Crippen LogP contribution in [0.5, 0.6) is 0 Å². The van der Waals surface area contributed by atoms with Crippen molar-refractivity contribution in [2.75, 3.05) is 38.5 Å². The van der Waals surface area contributed by atoms with Crippen LogP contribution in [0.2, 0.25) is 0 Å². The van der Waals surface area contributed by atoms with Gasteiger partial charge in [0, 0.05) is 18.0 Å². The van der Waals surface area contributed by atoms with Crippen molar-refractivity contribution in [2.45, 2.75) is 69.8 Å². The van der Waals surface area contributed by atoms with Gasteiger partial charge >= 0.3 is 6.09 Å². The first-order valence-electron chi connectivity index (χ1n) is 11.2. The molecule has 1 aromatic rings. The van der Waals surface area contributed by atoms with Crippen molar-refractivity contribution in [3.8, 4) is 0 Å². The third-order valence-corrected chi connectivity index (χ3v) is 7.37. The van der Waals surface area contributed by atoms with Crippen LogP contribution < -0.4 is 0 Å². The predicted octanol–water partition coefficient (Wildman–Crippen LogP) is 5.67. The van der Waals surface area contributed by atoms with Gasteiger partial charge in [0.2, 0.25) is 0 Å². The van der Waals surface area contributed by atoms with Gasteiger partial charge in [0.05, 0.1) is 0 Å². The Morgan fingerprint density at radius 3 is 2.24 bits per heavy atom. The molecule has 2 heterocycles. The summed E-state index contributed by atoms with van der Waals surface area (Å²) in [7, 11) is 0. The van der Waals surface area contributed by atoms with Crippen molar-refractivity contribution < 1.29 is 9.53 Å². The van der Waals surface area contributed by atoms with Crippen LogP contribution in [0, 0.1) is 5.41 Å². The molecule has 0 aliphatic carbocycles. The third kappa shape index (κ3) is 7.21. The van der Waals surface area contributed by atoms with E-state index in [1.54, 1.807) is 0 Å². The first-order chi connectivity index (χ1) is 13.9. The molecule has 0 radical (unpaired) electrons. The van der Waals surface area contributed by atoms with Crippen LogP contribution in [0.1, 0.15) is 59.3 Å². The fraction of sp³-hybridized carbons (Fsp3) is 0.708. The van der Waals surface area contributed by atoms with E-state index in [1.807, 2.05) is 37.4 Å². The minimum atomic E-state index is -0.406. The van der Waals surface area contributed by atoms with Crippen LogP contribution >= 0.6 is 11.8 Å². The summed E-state index contributed by atoms with van der Waals surface area (Å²) in [4.78, 5) is 18.2. The van der Waals surface area contributed by atoms with Gasteiger partial charge in [-0.2, -0.15) is 0 Å². The van der Waals surface area contributed by atoms with Gasteiger partial charge in [0.15, 0.2) is 0 Å². The van der Waals surface area contributed by atoms with E-state index in [2.05, 4.69) is 35.2 Å². The molecule has 2 saturated heterocycles. The number of likely N-dealkylation sites (tertiary alicyclic amines) is 2. The number of nitrogens with zero attached hydrogens (tertiary/aromatic N) is 2. The standard InChI is InChI=1S/C24H38N2O2S/c1-23(2,3)28-22(27)26-18-13-24(14-19-26)11-16-25(17-12-24)15-7-8-20-29-21-9-5-4-6-10-21/h4-6,9-10H,7-8,11-20H2,1-3H3. The monoisotopic (exact) mass is 418 g/mol. The van der Waals surface area contributed by atoms with Gasteiger partial charge in [-0.05, 0) is 102 Å². The van der Waals surface area contributed by atoms with E-state index >= 15 is 0 Å². The van der Waals surface area contributed by atoms with Crippen molar-refractivity contribution in [2.24, 2.45) is 5.41 Å². The SMILES string of the molecule is CC(C)(C)OC(=O)N1CCC2(CCN(CCCCSc3ccccc3)CC2)CC1. The molecule has 1 aromatic carbocycles. The summed E-state index contributed by atoms with van der Waals surface area (Å²) in [5, 5.41) is 0. The zero-order valence-corrected chi connectivity index (χ0v) is 19.3. The lowest BCUT2D eigenvalue weighted by atomic mass is 9.71. The minimum absolute atomic E-state index is 0.141. The number of carbonyl (C=O) groups excluding carboxylic acids is 1. The van der Waals surface area contributed by atoms with Crippen LogP contribution in [-0.4, -0.2) is 60.0 Å². The zero-order valence-electron chi connectivity index (χ0n) is 18.5. The lowest BCUT2D eigenvalue weighted by Crippen LogP contribution is -2.49. The zero-order chi connectivity index (χ0) is 20.7. The molecule has 5 heteroatoms. The van der Waals surface area contributed by atoms with Crippen molar-refractivity contribution >= 4 is 17.9 Å². The van der Waals surface area contributed by atoms with Gasteiger partial charge in [0.25, 0.3) is 0 Å². The summed E-state index contributed by atoms with van der Waals surface area (Å²) in [6, 6.07) is 10.7. The van der Waals surface area contributed by atoms with Gasteiger partial charge < -0.3 is 14.5 Å². The number of ether oxygens (including phenoxy) is 1. The van der Waals surface area contributed by atoms with E-state index < -0.39 is 5.60 Å². The second kappa shape index (κ2) is 10.2. The second-order valence-corrected chi connectivity index (χ2v) is 10.8. The molecule has 0 aromatic heterocycles. The first kappa shape index (κ1) is 22.5. The maximum absolute atomic E-state index is 12.3. The van der Waals surface area contributed by atoms with Crippen LogP contribution in [0.4, 0.5) is 4.79 Å². The molecule has 3 rings (SSSR count). The molecule has 0 saturated carbocycles. The average molecular weight is 419 g/mol. The third-order valence-electron chi connectivity index (χ3n) is 6.27. The Morgan fingerprint density at radius 2 is 1.62 bits per heavy atom. The Hall–Kier alpha value is -1.20. The van der Waals surface area contributed by atoms with E-state index in [0.29, 0.717) is 5.41 Å².